The first-order valence-corrected chi connectivity index (χ1v) is 3.55. The van der Waals surface area contributed by atoms with Gasteiger partial charge in [0.1, 0.15) is 0 Å². The molecule has 1 fully saturated rings. The van der Waals surface area contributed by atoms with E-state index in [-0.39, 0.29) is 0 Å². The van der Waals surface area contributed by atoms with E-state index in [9.17, 15) is 0 Å². The summed E-state index contributed by atoms with van der Waals surface area (Å²) >= 11 is 4.32. The zero-order valence-corrected chi connectivity index (χ0v) is 6.19. The zero-order valence-electron chi connectivity index (χ0n) is 5.29. The van der Waals surface area contributed by atoms with Crippen LogP contribution in [0.15, 0.2) is 0 Å². The summed E-state index contributed by atoms with van der Waals surface area (Å²) in [5.41, 5.74) is 0. The average Bonchev–Trinajstić information content (AvgIpc) is 1.85. The second-order valence-electron chi connectivity index (χ2n) is 2.45. The molecule has 1 rings (SSSR count). The first-order valence-electron chi connectivity index (χ1n) is 3.03. The van der Waals surface area contributed by atoms with Gasteiger partial charge in [0.15, 0.2) is 0 Å². The van der Waals surface area contributed by atoms with Gasteiger partial charge in [0.2, 0.25) is 0 Å². The van der Waals surface area contributed by atoms with Crippen LogP contribution in [0.1, 0.15) is 20.3 Å². The fourth-order valence-corrected chi connectivity index (χ4v) is 1.41. The normalized spacial score (nSPS) is 47.6. The standard InChI is InChI=1S/C6H12OS/c1-4-3-6(8)5(2)7-4/h4-6,8H,3H2,1-2H3/t4-,5+,6-/m1/s1. The molecule has 0 radical (unpaired) electrons. The highest BCUT2D eigenvalue weighted by molar-refractivity contribution is 7.81. The third kappa shape index (κ3) is 1.17. The summed E-state index contributed by atoms with van der Waals surface area (Å²) < 4.78 is 5.40. The van der Waals surface area contributed by atoms with Crippen LogP contribution < -0.4 is 0 Å². The Labute approximate surface area is 55.8 Å². The van der Waals surface area contributed by atoms with Crippen LogP contribution in [0.3, 0.4) is 0 Å². The van der Waals surface area contributed by atoms with Crippen molar-refractivity contribution in [3.8, 4) is 0 Å². The lowest BCUT2D eigenvalue weighted by Gasteiger charge is -2.04. The van der Waals surface area contributed by atoms with E-state index in [1.54, 1.807) is 0 Å². The molecule has 1 saturated heterocycles. The smallest absolute Gasteiger partial charge is 0.0667 e. The zero-order chi connectivity index (χ0) is 6.15. The quantitative estimate of drug-likeness (QED) is 0.491. The van der Waals surface area contributed by atoms with Crippen molar-refractivity contribution in [2.75, 3.05) is 0 Å². The van der Waals surface area contributed by atoms with Gasteiger partial charge >= 0.3 is 0 Å². The molecule has 0 aromatic carbocycles. The predicted molar refractivity (Wildman–Crippen MR) is 37.4 cm³/mol. The van der Waals surface area contributed by atoms with E-state index in [1.165, 1.54) is 0 Å². The summed E-state index contributed by atoms with van der Waals surface area (Å²) in [6.45, 7) is 4.16. The van der Waals surface area contributed by atoms with Crippen molar-refractivity contribution >= 4 is 12.6 Å². The van der Waals surface area contributed by atoms with E-state index in [1.807, 2.05) is 0 Å². The molecule has 3 atom stereocenters. The summed E-state index contributed by atoms with van der Waals surface area (Å²) in [6, 6.07) is 0. The Balaban J connectivity index is 2.39. The van der Waals surface area contributed by atoms with Gasteiger partial charge in [-0.15, -0.1) is 0 Å². The number of rotatable bonds is 0. The monoisotopic (exact) mass is 132 g/mol. The molecule has 1 heterocycles. The predicted octanol–water partition coefficient (Wildman–Crippen LogP) is 1.48. The Morgan fingerprint density at radius 1 is 1.50 bits per heavy atom. The first-order chi connectivity index (χ1) is 3.70. The lowest BCUT2D eigenvalue weighted by atomic mass is 10.2. The van der Waals surface area contributed by atoms with Crippen LogP contribution in [-0.2, 0) is 4.74 Å². The lowest BCUT2D eigenvalue weighted by molar-refractivity contribution is 0.0684. The Kier molecular flexibility index (Phi) is 1.83. The Morgan fingerprint density at radius 3 is 2.25 bits per heavy atom. The third-order valence-electron chi connectivity index (χ3n) is 1.56. The van der Waals surface area contributed by atoms with E-state index >= 15 is 0 Å². The lowest BCUT2D eigenvalue weighted by Crippen LogP contribution is -2.09. The van der Waals surface area contributed by atoms with Gasteiger partial charge in [-0.05, 0) is 20.3 Å². The Morgan fingerprint density at radius 2 is 2.12 bits per heavy atom. The van der Waals surface area contributed by atoms with Crippen LogP contribution in [0.5, 0.6) is 0 Å². The molecule has 0 aromatic heterocycles. The van der Waals surface area contributed by atoms with Gasteiger partial charge in [0, 0.05) is 5.25 Å². The van der Waals surface area contributed by atoms with E-state index in [0.29, 0.717) is 17.5 Å². The van der Waals surface area contributed by atoms with Crippen molar-refractivity contribution in [3.63, 3.8) is 0 Å². The van der Waals surface area contributed by atoms with Crippen LogP contribution in [-0.4, -0.2) is 17.5 Å². The SMILES string of the molecule is C[C@@H]1C[C@@H](S)[C@H](C)O1. The minimum atomic E-state index is 0.355. The van der Waals surface area contributed by atoms with Crippen LogP contribution in [0.2, 0.25) is 0 Å². The van der Waals surface area contributed by atoms with Crippen molar-refractivity contribution in [2.24, 2.45) is 0 Å². The highest BCUT2D eigenvalue weighted by Crippen LogP contribution is 2.23. The molecule has 8 heavy (non-hydrogen) atoms. The fourth-order valence-electron chi connectivity index (χ4n) is 1.04. The molecule has 1 nitrogen and oxygen atoms in total. The fraction of sp³-hybridized carbons (Fsp3) is 1.00. The molecule has 0 amide bonds. The highest BCUT2D eigenvalue weighted by Gasteiger charge is 2.25. The average molecular weight is 132 g/mol. The molecule has 2 heteroatoms. The van der Waals surface area contributed by atoms with Crippen molar-refractivity contribution in [1.29, 1.82) is 0 Å². The van der Waals surface area contributed by atoms with Crippen LogP contribution in [0.4, 0.5) is 0 Å². The number of thiol groups is 1. The van der Waals surface area contributed by atoms with Gasteiger partial charge < -0.3 is 4.74 Å². The molecular weight excluding hydrogens is 120 g/mol. The van der Waals surface area contributed by atoms with Gasteiger partial charge in [0.25, 0.3) is 0 Å². The first kappa shape index (κ1) is 6.43. The largest absolute Gasteiger partial charge is 0.374 e. The van der Waals surface area contributed by atoms with Crippen LogP contribution in [0.25, 0.3) is 0 Å². The molecule has 0 unspecified atom stereocenters. The van der Waals surface area contributed by atoms with E-state index < -0.39 is 0 Å². The Bertz CT molecular complexity index is 74.6. The van der Waals surface area contributed by atoms with Crippen LogP contribution >= 0.6 is 12.6 Å². The van der Waals surface area contributed by atoms with Gasteiger partial charge in [-0.2, -0.15) is 12.6 Å². The molecule has 0 N–H and O–H groups in total. The van der Waals surface area contributed by atoms with Crippen LogP contribution in [0, 0.1) is 0 Å². The molecule has 0 spiro atoms. The summed E-state index contributed by atoms with van der Waals surface area (Å²) in [5.74, 6) is 0. The number of hydrogen-bond acceptors (Lipinski definition) is 2. The molecule has 0 aromatic rings. The van der Waals surface area contributed by atoms with E-state index in [0.717, 1.165) is 6.42 Å². The summed E-state index contributed by atoms with van der Waals surface area (Å²) in [7, 11) is 0. The van der Waals surface area contributed by atoms with Crippen molar-refractivity contribution < 1.29 is 4.74 Å². The minimum absolute atomic E-state index is 0.355. The molecule has 0 bridgehead atoms. The van der Waals surface area contributed by atoms with Gasteiger partial charge in [-0.1, -0.05) is 0 Å². The molecule has 48 valence electrons. The maximum absolute atomic E-state index is 5.40. The van der Waals surface area contributed by atoms with E-state index in [4.69, 9.17) is 4.74 Å². The maximum Gasteiger partial charge on any atom is 0.0667 e. The van der Waals surface area contributed by atoms with Crippen molar-refractivity contribution in [1.82, 2.24) is 0 Å². The van der Waals surface area contributed by atoms with Gasteiger partial charge in [0.05, 0.1) is 12.2 Å². The number of hydrogen-bond donors (Lipinski definition) is 1. The maximum atomic E-state index is 5.40. The molecular formula is C6H12OS. The third-order valence-corrected chi connectivity index (χ3v) is 2.19. The Hall–Kier alpha value is 0.310. The molecule has 0 aliphatic carbocycles. The molecule has 0 saturated carbocycles. The highest BCUT2D eigenvalue weighted by atomic mass is 32.1. The molecule has 1 aliphatic heterocycles. The summed E-state index contributed by atoms with van der Waals surface area (Å²) in [5, 5.41) is 0.463. The second-order valence-corrected chi connectivity index (χ2v) is 3.12. The summed E-state index contributed by atoms with van der Waals surface area (Å²) in [6.07, 6.45) is 1.88. The summed E-state index contributed by atoms with van der Waals surface area (Å²) in [4.78, 5) is 0. The van der Waals surface area contributed by atoms with Crippen molar-refractivity contribution in [2.45, 2.75) is 37.7 Å². The van der Waals surface area contributed by atoms with Crippen molar-refractivity contribution in [3.05, 3.63) is 0 Å². The van der Waals surface area contributed by atoms with Gasteiger partial charge in [-0.25, -0.2) is 0 Å². The minimum Gasteiger partial charge on any atom is -0.374 e. The van der Waals surface area contributed by atoms with Gasteiger partial charge in [-0.3, -0.25) is 0 Å². The number of ether oxygens (including phenoxy) is 1. The second kappa shape index (κ2) is 2.28. The molecule has 1 aliphatic rings. The topological polar surface area (TPSA) is 9.23 Å². The van der Waals surface area contributed by atoms with E-state index in [2.05, 4.69) is 26.5 Å².